The second-order valence-corrected chi connectivity index (χ2v) is 6.70. The molecule has 0 bridgehead atoms. The molecule has 3 rings (SSSR count). The fourth-order valence-electron chi connectivity index (χ4n) is 2.66. The van der Waals surface area contributed by atoms with Crippen LogP contribution in [0.15, 0.2) is 48.0 Å². The number of thiophene rings is 1. The average Bonchev–Trinajstić information content (AvgIpc) is 3.29. The SMILES string of the molecule is NC(=O)CNC(=O)[C@H](Cc1c[nH]c2ccccc12)NC(=O)c1cccs1. The first-order valence-electron chi connectivity index (χ1n) is 8.00. The van der Waals surface area contributed by atoms with E-state index in [1.54, 1.807) is 17.5 Å². The lowest BCUT2D eigenvalue weighted by Crippen LogP contribution is -2.49. The second kappa shape index (κ2) is 7.83. The van der Waals surface area contributed by atoms with E-state index in [9.17, 15) is 14.4 Å². The molecule has 0 saturated heterocycles. The largest absolute Gasteiger partial charge is 0.368 e. The highest BCUT2D eigenvalue weighted by Gasteiger charge is 2.23. The zero-order valence-corrected chi connectivity index (χ0v) is 14.6. The zero-order chi connectivity index (χ0) is 18.5. The number of amides is 3. The normalized spacial score (nSPS) is 11.8. The molecule has 0 aliphatic carbocycles. The van der Waals surface area contributed by atoms with Crippen LogP contribution < -0.4 is 16.4 Å². The van der Waals surface area contributed by atoms with Gasteiger partial charge in [-0.25, -0.2) is 0 Å². The number of nitrogens with two attached hydrogens (primary N) is 1. The maximum absolute atomic E-state index is 12.5. The molecule has 8 heteroatoms. The van der Waals surface area contributed by atoms with Crippen molar-refractivity contribution in [3.8, 4) is 0 Å². The quantitative estimate of drug-likeness (QED) is 0.500. The standard InChI is InChI=1S/C18H18N4O3S/c19-16(23)10-21-17(24)14(22-18(25)15-6-3-7-26-15)8-11-9-20-13-5-2-1-4-12(11)13/h1-7,9,14,20H,8,10H2,(H2,19,23)(H,21,24)(H,22,25)/t14-/m0/s1. The lowest BCUT2D eigenvalue weighted by molar-refractivity contribution is -0.126. The van der Waals surface area contributed by atoms with Crippen LogP contribution in [0.1, 0.15) is 15.2 Å². The summed E-state index contributed by atoms with van der Waals surface area (Å²) < 4.78 is 0. The van der Waals surface area contributed by atoms with Gasteiger partial charge in [-0.3, -0.25) is 14.4 Å². The van der Waals surface area contributed by atoms with Gasteiger partial charge in [0.15, 0.2) is 0 Å². The molecule has 2 aromatic heterocycles. The number of primary amides is 1. The monoisotopic (exact) mass is 370 g/mol. The van der Waals surface area contributed by atoms with Crippen LogP contribution in [0.3, 0.4) is 0 Å². The molecule has 0 aliphatic heterocycles. The van der Waals surface area contributed by atoms with Crippen LogP contribution in [0.4, 0.5) is 0 Å². The minimum atomic E-state index is -0.830. The Kier molecular flexibility index (Phi) is 5.33. The molecule has 26 heavy (non-hydrogen) atoms. The Labute approximate surface area is 153 Å². The number of aromatic amines is 1. The number of hydrogen-bond acceptors (Lipinski definition) is 4. The number of carbonyl (C=O) groups is 3. The third-order valence-corrected chi connectivity index (χ3v) is 4.77. The number of rotatable bonds is 7. The highest BCUT2D eigenvalue weighted by atomic mass is 32.1. The first-order valence-corrected chi connectivity index (χ1v) is 8.88. The van der Waals surface area contributed by atoms with Crippen LogP contribution >= 0.6 is 11.3 Å². The van der Waals surface area contributed by atoms with Crippen LogP contribution in [0.2, 0.25) is 0 Å². The van der Waals surface area contributed by atoms with Crippen molar-refractivity contribution in [3.63, 3.8) is 0 Å². The Bertz CT molecular complexity index is 933. The number of hydrogen-bond donors (Lipinski definition) is 4. The number of nitrogens with one attached hydrogen (secondary N) is 3. The Morgan fingerprint density at radius 2 is 1.96 bits per heavy atom. The van der Waals surface area contributed by atoms with Crippen molar-refractivity contribution in [3.05, 3.63) is 58.4 Å². The number of aromatic nitrogens is 1. The molecule has 0 aliphatic rings. The molecule has 0 unspecified atom stereocenters. The summed E-state index contributed by atoms with van der Waals surface area (Å²) in [6.07, 6.45) is 2.10. The molecule has 1 atom stereocenters. The third kappa shape index (κ3) is 4.09. The topological polar surface area (TPSA) is 117 Å². The molecule has 3 amide bonds. The predicted molar refractivity (Wildman–Crippen MR) is 99.8 cm³/mol. The van der Waals surface area contributed by atoms with Crippen LogP contribution in [0, 0.1) is 0 Å². The Morgan fingerprint density at radius 1 is 1.15 bits per heavy atom. The predicted octanol–water partition coefficient (Wildman–Crippen LogP) is 1.17. The molecule has 0 fully saturated rings. The minimum Gasteiger partial charge on any atom is -0.368 e. The maximum atomic E-state index is 12.5. The van der Waals surface area contributed by atoms with Crippen LogP contribution in [-0.2, 0) is 16.0 Å². The van der Waals surface area contributed by atoms with Gasteiger partial charge in [0.1, 0.15) is 6.04 Å². The van der Waals surface area contributed by atoms with E-state index in [-0.39, 0.29) is 18.9 Å². The van der Waals surface area contributed by atoms with Gasteiger partial charge in [-0.15, -0.1) is 11.3 Å². The van der Waals surface area contributed by atoms with E-state index in [0.29, 0.717) is 4.88 Å². The van der Waals surface area contributed by atoms with Crippen molar-refractivity contribution in [1.29, 1.82) is 0 Å². The van der Waals surface area contributed by atoms with Gasteiger partial charge in [0.2, 0.25) is 11.8 Å². The average molecular weight is 370 g/mol. The summed E-state index contributed by atoms with van der Waals surface area (Å²) in [5.74, 6) is -1.44. The number of carbonyl (C=O) groups excluding carboxylic acids is 3. The lowest BCUT2D eigenvalue weighted by atomic mass is 10.0. The third-order valence-electron chi connectivity index (χ3n) is 3.90. The summed E-state index contributed by atoms with van der Waals surface area (Å²) in [4.78, 5) is 39.4. The van der Waals surface area contributed by atoms with E-state index in [4.69, 9.17) is 5.73 Å². The summed E-state index contributed by atoms with van der Waals surface area (Å²) in [5, 5.41) is 7.96. The molecule has 1 aromatic carbocycles. The van der Waals surface area contributed by atoms with Crippen molar-refractivity contribution in [1.82, 2.24) is 15.6 Å². The number of benzene rings is 1. The van der Waals surface area contributed by atoms with Gasteiger partial charge in [-0.2, -0.15) is 0 Å². The van der Waals surface area contributed by atoms with E-state index >= 15 is 0 Å². The molecular formula is C18H18N4O3S. The van der Waals surface area contributed by atoms with Gasteiger partial charge >= 0.3 is 0 Å². The molecule has 7 nitrogen and oxygen atoms in total. The lowest BCUT2D eigenvalue weighted by Gasteiger charge is -2.17. The molecule has 3 aromatic rings. The number of H-pyrrole nitrogens is 1. The zero-order valence-electron chi connectivity index (χ0n) is 13.8. The molecule has 2 heterocycles. The smallest absolute Gasteiger partial charge is 0.262 e. The van der Waals surface area contributed by atoms with Crippen molar-refractivity contribution in [2.75, 3.05) is 6.54 Å². The van der Waals surface area contributed by atoms with Crippen LogP contribution in [0.25, 0.3) is 10.9 Å². The molecule has 134 valence electrons. The van der Waals surface area contributed by atoms with Crippen LogP contribution in [0.5, 0.6) is 0 Å². The first-order chi connectivity index (χ1) is 12.5. The molecule has 0 spiro atoms. The Morgan fingerprint density at radius 3 is 2.69 bits per heavy atom. The molecule has 0 radical (unpaired) electrons. The highest BCUT2D eigenvalue weighted by molar-refractivity contribution is 7.12. The van der Waals surface area contributed by atoms with E-state index in [2.05, 4.69) is 15.6 Å². The van der Waals surface area contributed by atoms with E-state index in [0.717, 1.165) is 16.5 Å². The molecule has 5 N–H and O–H groups in total. The fourth-order valence-corrected chi connectivity index (χ4v) is 3.29. The maximum Gasteiger partial charge on any atom is 0.262 e. The van der Waals surface area contributed by atoms with Gasteiger partial charge in [-0.1, -0.05) is 24.3 Å². The van der Waals surface area contributed by atoms with Gasteiger partial charge in [0, 0.05) is 23.5 Å². The first kappa shape index (κ1) is 17.7. The van der Waals surface area contributed by atoms with Gasteiger partial charge in [0.25, 0.3) is 5.91 Å². The Hall–Kier alpha value is -3.13. The van der Waals surface area contributed by atoms with Crippen molar-refractivity contribution in [2.24, 2.45) is 5.73 Å². The fraction of sp³-hybridized carbons (Fsp3) is 0.167. The number of para-hydroxylation sites is 1. The van der Waals surface area contributed by atoms with Crippen LogP contribution in [-0.4, -0.2) is 35.3 Å². The Balaban J connectivity index is 1.80. The van der Waals surface area contributed by atoms with Crippen molar-refractivity contribution in [2.45, 2.75) is 12.5 Å². The molecule has 0 saturated carbocycles. The number of fused-ring (bicyclic) bond motifs is 1. The van der Waals surface area contributed by atoms with Gasteiger partial charge in [0.05, 0.1) is 11.4 Å². The summed E-state index contributed by atoms with van der Waals surface area (Å²) >= 11 is 1.29. The second-order valence-electron chi connectivity index (χ2n) is 5.75. The highest BCUT2D eigenvalue weighted by Crippen LogP contribution is 2.19. The summed E-state index contributed by atoms with van der Waals surface area (Å²) in [6, 6.07) is 10.3. The van der Waals surface area contributed by atoms with E-state index in [1.807, 2.05) is 30.5 Å². The van der Waals surface area contributed by atoms with E-state index < -0.39 is 17.9 Å². The van der Waals surface area contributed by atoms with E-state index in [1.165, 1.54) is 11.3 Å². The van der Waals surface area contributed by atoms with Crippen molar-refractivity contribution < 1.29 is 14.4 Å². The summed E-state index contributed by atoms with van der Waals surface area (Å²) in [7, 11) is 0. The van der Waals surface area contributed by atoms with Gasteiger partial charge < -0.3 is 21.4 Å². The summed E-state index contributed by atoms with van der Waals surface area (Å²) in [6.45, 7) is -0.280. The van der Waals surface area contributed by atoms with Crippen molar-refractivity contribution >= 4 is 40.0 Å². The minimum absolute atomic E-state index is 0.280. The van der Waals surface area contributed by atoms with Gasteiger partial charge in [-0.05, 0) is 23.1 Å². The summed E-state index contributed by atoms with van der Waals surface area (Å²) in [5.41, 5.74) is 6.93. The molecular weight excluding hydrogens is 352 g/mol.